The Bertz CT molecular complexity index is 622. The second-order valence-corrected chi connectivity index (χ2v) is 7.71. The third-order valence-corrected chi connectivity index (χ3v) is 4.59. The zero-order valence-electron chi connectivity index (χ0n) is 16.1. The van der Waals surface area contributed by atoms with E-state index in [2.05, 4.69) is 23.3 Å². The fourth-order valence-electron chi connectivity index (χ4n) is 2.70. The highest BCUT2D eigenvalue weighted by Crippen LogP contribution is 2.10. The van der Waals surface area contributed by atoms with E-state index in [0.717, 1.165) is 12.0 Å². The molecule has 2 amide bonds. The van der Waals surface area contributed by atoms with Crippen LogP contribution in [-0.4, -0.2) is 40.2 Å². The van der Waals surface area contributed by atoms with Gasteiger partial charge in [0.05, 0.1) is 5.25 Å². The Hall–Kier alpha value is -2.02. The number of hydrogen-bond donors (Lipinski definition) is 4. The molecule has 0 aliphatic carbocycles. The van der Waals surface area contributed by atoms with Crippen LogP contribution in [0.2, 0.25) is 0 Å². The molecule has 1 unspecified atom stereocenters. The number of aliphatic carboxylic acids is 1. The molecule has 1 aromatic carbocycles. The summed E-state index contributed by atoms with van der Waals surface area (Å²) in [6.45, 7) is 5.83. The Morgan fingerprint density at radius 1 is 1.04 bits per heavy atom. The average molecular weight is 395 g/mol. The number of thiol groups is 1. The summed E-state index contributed by atoms with van der Waals surface area (Å²) in [5, 5.41) is 14.3. The predicted molar refractivity (Wildman–Crippen MR) is 109 cm³/mol. The van der Waals surface area contributed by atoms with Crippen molar-refractivity contribution < 1.29 is 19.5 Å². The van der Waals surface area contributed by atoms with Crippen molar-refractivity contribution in [2.45, 2.75) is 63.8 Å². The van der Waals surface area contributed by atoms with Gasteiger partial charge in [-0.25, -0.2) is 4.79 Å². The lowest BCUT2D eigenvalue weighted by atomic mass is 10.0. The molecule has 0 spiro atoms. The van der Waals surface area contributed by atoms with Gasteiger partial charge in [0.25, 0.3) is 0 Å². The second-order valence-electron chi connectivity index (χ2n) is 7.08. The largest absolute Gasteiger partial charge is 0.480 e. The van der Waals surface area contributed by atoms with Gasteiger partial charge in [-0.15, -0.1) is 0 Å². The van der Waals surface area contributed by atoms with Crippen LogP contribution in [0.25, 0.3) is 0 Å². The standard InChI is InChI=1S/C20H30N2O4S/c1-4-8-17(27)19(24)21-15(11-13(2)3)18(23)22-16(20(25)26)12-14-9-6-5-7-10-14/h5-7,9-10,13,15-17,27H,4,8,11-12H2,1-3H3,(H,21,24)(H,22,23)(H,25,26)/t15-,16-,17?/m0/s1. The van der Waals surface area contributed by atoms with Gasteiger partial charge in [0, 0.05) is 6.42 Å². The van der Waals surface area contributed by atoms with Crippen LogP contribution in [0.15, 0.2) is 30.3 Å². The molecule has 0 fully saturated rings. The van der Waals surface area contributed by atoms with Crippen molar-refractivity contribution in [3.63, 3.8) is 0 Å². The second kappa shape index (κ2) is 11.6. The van der Waals surface area contributed by atoms with Gasteiger partial charge in [-0.2, -0.15) is 12.6 Å². The fraction of sp³-hybridized carbons (Fsp3) is 0.550. The number of benzene rings is 1. The topological polar surface area (TPSA) is 95.5 Å². The maximum Gasteiger partial charge on any atom is 0.326 e. The highest BCUT2D eigenvalue weighted by molar-refractivity contribution is 7.81. The molecule has 0 aliphatic heterocycles. The third kappa shape index (κ3) is 8.47. The molecule has 3 atom stereocenters. The van der Waals surface area contributed by atoms with Gasteiger partial charge in [-0.05, 0) is 24.3 Å². The Kier molecular flexibility index (Phi) is 9.93. The molecule has 0 bridgehead atoms. The van der Waals surface area contributed by atoms with Crippen molar-refractivity contribution in [3.05, 3.63) is 35.9 Å². The molecule has 150 valence electrons. The Labute approximate surface area is 166 Å². The van der Waals surface area contributed by atoms with Crippen molar-refractivity contribution in [3.8, 4) is 0 Å². The minimum atomic E-state index is -1.11. The molecule has 1 rings (SSSR count). The van der Waals surface area contributed by atoms with Crippen LogP contribution in [-0.2, 0) is 20.8 Å². The zero-order valence-corrected chi connectivity index (χ0v) is 17.0. The summed E-state index contributed by atoms with van der Waals surface area (Å²) in [5.74, 6) is -1.75. The van der Waals surface area contributed by atoms with E-state index in [1.807, 2.05) is 51.1 Å². The van der Waals surface area contributed by atoms with Gasteiger partial charge in [0.15, 0.2) is 0 Å². The molecule has 6 nitrogen and oxygen atoms in total. The van der Waals surface area contributed by atoms with Gasteiger partial charge >= 0.3 is 5.97 Å². The summed E-state index contributed by atoms with van der Waals surface area (Å²) in [7, 11) is 0. The van der Waals surface area contributed by atoms with Crippen LogP contribution in [0.3, 0.4) is 0 Å². The van der Waals surface area contributed by atoms with E-state index in [9.17, 15) is 19.5 Å². The van der Waals surface area contributed by atoms with Crippen LogP contribution in [0.1, 0.15) is 45.6 Å². The third-order valence-electron chi connectivity index (χ3n) is 4.10. The summed E-state index contributed by atoms with van der Waals surface area (Å²) >= 11 is 4.27. The normalized spacial score (nSPS) is 14.3. The number of rotatable bonds is 11. The van der Waals surface area contributed by atoms with E-state index in [0.29, 0.717) is 12.8 Å². The molecule has 0 aromatic heterocycles. The van der Waals surface area contributed by atoms with Crippen molar-refractivity contribution in [2.75, 3.05) is 0 Å². The number of amides is 2. The molecule has 0 aliphatic rings. The number of carbonyl (C=O) groups is 3. The highest BCUT2D eigenvalue weighted by atomic mass is 32.1. The first-order chi connectivity index (χ1) is 12.7. The average Bonchev–Trinajstić information content (AvgIpc) is 2.61. The van der Waals surface area contributed by atoms with Gasteiger partial charge in [0.2, 0.25) is 11.8 Å². The molecular formula is C20H30N2O4S. The number of hydrogen-bond acceptors (Lipinski definition) is 4. The quantitative estimate of drug-likeness (QED) is 0.434. The first-order valence-corrected chi connectivity index (χ1v) is 9.81. The van der Waals surface area contributed by atoms with Gasteiger partial charge in [-0.3, -0.25) is 9.59 Å². The van der Waals surface area contributed by atoms with Crippen molar-refractivity contribution in [1.29, 1.82) is 0 Å². The van der Waals surface area contributed by atoms with Crippen molar-refractivity contribution in [2.24, 2.45) is 5.92 Å². The maximum atomic E-state index is 12.7. The lowest BCUT2D eigenvalue weighted by molar-refractivity contribution is -0.142. The number of carboxylic acid groups (broad SMARTS) is 1. The Balaban J connectivity index is 2.82. The monoisotopic (exact) mass is 394 g/mol. The molecule has 0 radical (unpaired) electrons. The summed E-state index contributed by atoms with van der Waals surface area (Å²) in [5.41, 5.74) is 0.813. The molecule has 7 heteroatoms. The van der Waals surface area contributed by atoms with Crippen LogP contribution in [0.4, 0.5) is 0 Å². The fourth-order valence-corrected chi connectivity index (χ4v) is 3.03. The summed E-state index contributed by atoms with van der Waals surface area (Å²) in [6.07, 6.45) is 2.01. The van der Waals surface area contributed by atoms with Crippen molar-refractivity contribution >= 4 is 30.4 Å². The minimum absolute atomic E-state index is 0.156. The van der Waals surface area contributed by atoms with Gasteiger partial charge < -0.3 is 15.7 Å². The minimum Gasteiger partial charge on any atom is -0.480 e. The van der Waals surface area contributed by atoms with E-state index in [1.165, 1.54) is 0 Å². The number of carbonyl (C=O) groups excluding carboxylic acids is 2. The summed E-state index contributed by atoms with van der Waals surface area (Å²) < 4.78 is 0. The van der Waals surface area contributed by atoms with E-state index in [4.69, 9.17) is 0 Å². The van der Waals surface area contributed by atoms with E-state index in [1.54, 1.807) is 0 Å². The number of carboxylic acids is 1. The Morgan fingerprint density at radius 2 is 1.63 bits per heavy atom. The van der Waals surface area contributed by atoms with E-state index >= 15 is 0 Å². The maximum absolute atomic E-state index is 12.7. The first-order valence-electron chi connectivity index (χ1n) is 9.30. The molecule has 0 heterocycles. The summed E-state index contributed by atoms with van der Waals surface area (Å²) in [4.78, 5) is 36.5. The van der Waals surface area contributed by atoms with E-state index in [-0.39, 0.29) is 18.2 Å². The smallest absolute Gasteiger partial charge is 0.326 e. The SMILES string of the molecule is CCCC(S)C(=O)N[C@@H](CC(C)C)C(=O)N[C@@H](Cc1ccccc1)C(=O)O. The zero-order chi connectivity index (χ0) is 20.4. The lowest BCUT2D eigenvalue weighted by Gasteiger charge is -2.24. The van der Waals surface area contributed by atoms with E-state index < -0.39 is 29.2 Å². The lowest BCUT2D eigenvalue weighted by Crippen LogP contribution is -2.53. The molecule has 27 heavy (non-hydrogen) atoms. The molecule has 0 saturated heterocycles. The highest BCUT2D eigenvalue weighted by Gasteiger charge is 2.28. The number of nitrogens with one attached hydrogen (secondary N) is 2. The van der Waals surface area contributed by atoms with Crippen LogP contribution in [0.5, 0.6) is 0 Å². The van der Waals surface area contributed by atoms with Crippen LogP contribution < -0.4 is 10.6 Å². The summed E-state index contributed by atoms with van der Waals surface area (Å²) in [6, 6.07) is 7.25. The first kappa shape index (κ1) is 23.0. The van der Waals surface area contributed by atoms with Crippen LogP contribution in [0, 0.1) is 5.92 Å². The molecular weight excluding hydrogens is 364 g/mol. The van der Waals surface area contributed by atoms with Crippen molar-refractivity contribution in [1.82, 2.24) is 10.6 Å². The molecule has 0 saturated carbocycles. The van der Waals surface area contributed by atoms with Crippen LogP contribution >= 0.6 is 12.6 Å². The molecule has 3 N–H and O–H groups in total. The predicted octanol–water partition coefficient (Wildman–Crippen LogP) is 2.43. The molecule has 1 aromatic rings. The van der Waals surface area contributed by atoms with Gasteiger partial charge in [0.1, 0.15) is 12.1 Å². The Morgan fingerprint density at radius 3 is 2.15 bits per heavy atom. The van der Waals surface area contributed by atoms with Gasteiger partial charge in [-0.1, -0.05) is 57.5 Å².